The van der Waals surface area contributed by atoms with Crippen LogP contribution in [0.5, 0.6) is 5.75 Å². The Morgan fingerprint density at radius 3 is 2.37 bits per heavy atom. The monoisotopic (exact) mass is 370 g/mol. The molecule has 1 aliphatic heterocycles. The molecule has 0 spiro atoms. The van der Waals surface area contributed by atoms with Crippen LogP contribution in [0.15, 0.2) is 42.5 Å². The van der Waals surface area contributed by atoms with E-state index in [2.05, 4.69) is 10.2 Å². The first-order valence-corrected chi connectivity index (χ1v) is 8.63. The number of anilines is 2. The molecule has 1 amide bonds. The molecule has 1 aliphatic rings. The number of ether oxygens (including phenoxy) is 3. The summed E-state index contributed by atoms with van der Waals surface area (Å²) in [6, 6.07) is 12.0. The van der Waals surface area contributed by atoms with Crippen molar-refractivity contribution in [1.82, 2.24) is 0 Å². The number of morpholine rings is 1. The lowest BCUT2D eigenvalue weighted by Crippen LogP contribution is -2.37. The average Bonchev–Trinajstić information content (AvgIpc) is 2.73. The zero-order valence-corrected chi connectivity index (χ0v) is 15.4. The summed E-state index contributed by atoms with van der Waals surface area (Å²) in [5, 5.41) is 2.81. The van der Waals surface area contributed by atoms with Crippen molar-refractivity contribution >= 4 is 23.3 Å². The maximum Gasteiger partial charge on any atom is 0.340 e. The molecule has 0 bridgehead atoms. The average molecular weight is 370 g/mol. The van der Waals surface area contributed by atoms with E-state index in [9.17, 15) is 9.59 Å². The second-order valence-corrected chi connectivity index (χ2v) is 6.01. The third-order valence-corrected chi connectivity index (χ3v) is 4.36. The number of esters is 1. The van der Waals surface area contributed by atoms with E-state index in [1.807, 2.05) is 6.07 Å². The van der Waals surface area contributed by atoms with Gasteiger partial charge in [-0.25, -0.2) is 4.79 Å². The molecular formula is C20H22N2O5. The first-order chi connectivity index (χ1) is 13.1. The van der Waals surface area contributed by atoms with Gasteiger partial charge in [-0.05, 0) is 42.5 Å². The summed E-state index contributed by atoms with van der Waals surface area (Å²) in [7, 11) is 2.91. The molecule has 7 heteroatoms. The number of amides is 1. The van der Waals surface area contributed by atoms with E-state index in [4.69, 9.17) is 14.2 Å². The van der Waals surface area contributed by atoms with Crippen molar-refractivity contribution in [2.45, 2.75) is 0 Å². The zero-order valence-electron chi connectivity index (χ0n) is 15.4. The molecular weight excluding hydrogens is 348 g/mol. The minimum absolute atomic E-state index is 0.271. The van der Waals surface area contributed by atoms with E-state index in [1.54, 1.807) is 43.5 Å². The fourth-order valence-electron chi connectivity index (χ4n) is 2.91. The van der Waals surface area contributed by atoms with E-state index < -0.39 is 5.97 Å². The van der Waals surface area contributed by atoms with Crippen molar-refractivity contribution in [1.29, 1.82) is 0 Å². The van der Waals surface area contributed by atoms with Gasteiger partial charge >= 0.3 is 5.97 Å². The fourth-order valence-corrected chi connectivity index (χ4v) is 2.91. The van der Waals surface area contributed by atoms with Gasteiger partial charge < -0.3 is 24.4 Å². The molecule has 0 unspecified atom stereocenters. The van der Waals surface area contributed by atoms with Crippen molar-refractivity contribution in [2.24, 2.45) is 0 Å². The lowest BCUT2D eigenvalue weighted by molar-refractivity contribution is 0.0600. The normalized spacial score (nSPS) is 13.8. The number of methoxy groups -OCH3 is 2. The van der Waals surface area contributed by atoms with E-state index >= 15 is 0 Å². The van der Waals surface area contributed by atoms with Gasteiger partial charge in [-0.2, -0.15) is 0 Å². The Hall–Kier alpha value is -3.06. The highest BCUT2D eigenvalue weighted by atomic mass is 16.5. The molecule has 7 nitrogen and oxygen atoms in total. The summed E-state index contributed by atoms with van der Waals surface area (Å²) >= 11 is 0. The molecule has 2 aromatic carbocycles. The smallest absolute Gasteiger partial charge is 0.340 e. The standard InChI is InChI=1S/C20H22N2O5/c1-25-16-6-3-14(4-7-16)19(23)21-15-5-8-18(17(13-15)20(24)26-2)22-9-11-27-12-10-22/h3-8,13H,9-12H2,1-2H3,(H,21,23). The van der Waals surface area contributed by atoms with Gasteiger partial charge in [0.1, 0.15) is 5.75 Å². The summed E-state index contributed by atoms with van der Waals surface area (Å²) in [5.41, 5.74) is 2.19. The summed E-state index contributed by atoms with van der Waals surface area (Å²) < 4.78 is 15.4. The van der Waals surface area contributed by atoms with E-state index in [0.29, 0.717) is 48.9 Å². The molecule has 1 saturated heterocycles. The van der Waals surface area contributed by atoms with Crippen molar-refractivity contribution in [3.05, 3.63) is 53.6 Å². The highest BCUT2D eigenvalue weighted by molar-refractivity contribution is 6.05. The Morgan fingerprint density at radius 1 is 1.04 bits per heavy atom. The molecule has 0 saturated carbocycles. The topological polar surface area (TPSA) is 77.1 Å². The quantitative estimate of drug-likeness (QED) is 0.815. The largest absolute Gasteiger partial charge is 0.497 e. The van der Waals surface area contributed by atoms with Crippen LogP contribution < -0.4 is 15.0 Å². The van der Waals surface area contributed by atoms with Crippen LogP contribution in [-0.2, 0) is 9.47 Å². The number of nitrogens with one attached hydrogen (secondary N) is 1. The van der Waals surface area contributed by atoms with Crippen molar-refractivity contribution in [3.63, 3.8) is 0 Å². The lowest BCUT2D eigenvalue weighted by Gasteiger charge is -2.30. The van der Waals surface area contributed by atoms with E-state index in [1.165, 1.54) is 7.11 Å². The van der Waals surface area contributed by atoms with Gasteiger partial charge in [0.15, 0.2) is 0 Å². The van der Waals surface area contributed by atoms with Gasteiger partial charge in [-0.15, -0.1) is 0 Å². The van der Waals surface area contributed by atoms with Crippen molar-refractivity contribution in [3.8, 4) is 5.75 Å². The van der Waals surface area contributed by atoms with E-state index in [-0.39, 0.29) is 5.91 Å². The van der Waals surface area contributed by atoms with Crippen molar-refractivity contribution in [2.75, 3.05) is 50.7 Å². The van der Waals surface area contributed by atoms with Crippen LogP contribution in [0.25, 0.3) is 0 Å². The molecule has 3 rings (SSSR count). The number of hydrogen-bond acceptors (Lipinski definition) is 6. The van der Waals surface area contributed by atoms with Crippen molar-refractivity contribution < 1.29 is 23.8 Å². The Kier molecular flexibility index (Phi) is 5.93. The SMILES string of the molecule is COC(=O)c1cc(NC(=O)c2ccc(OC)cc2)ccc1N1CCOCC1. The molecule has 0 radical (unpaired) electrons. The molecule has 1 heterocycles. The van der Waals surface area contributed by atoms with Gasteiger partial charge in [0.25, 0.3) is 5.91 Å². The van der Waals surface area contributed by atoms with Crippen LogP contribution in [-0.4, -0.2) is 52.4 Å². The van der Waals surface area contributed by atoms with Crippen LogP contribution in [0.4, 0.5) is 11.4 Å². The number of carbonyl (C=O) groups excluding carboxylic acids is 2. The molecule has 0 aromatic heterocycles. The highest BCUT2D eigenvalue weighted by Crippen LogP contribution is 2.26. The minimum atomic E-state index is -0.447. The third-order valence-electron chi connectivity index (χ3n) is 4.36. The predicted octanol–water partition coefficient (Wildman–Crippen LogP) is 2.57. The number of benzene rings is 2. The van der Waals surface area contributed by atoms with Crippen LogP contribution in [0, 0.1) is 0 Å². The minimum Gasteiger partial charge on any atom is -0.497 e. The second-order valence-electron chi connectivity index (χ2n) is 6.01. The first kappa shape index (κ1) is 18.7. The number of carbonyl (C=O) groups is 2. The molecule has 1 fully saturated rings. The van der Waals surface area contributed by atoms with Crippen LogP contribution in [0.3, 0.4) is 0 Å². The lowest BCUT2D eigenvalue weighted by atomic mass is 10.1. The third kappa shape index (κ3) is 4.38. The molecule has 2 aromatic rings. The maximum atomic E-state index is 12.5. The number of nitrogens with zero attached hydrogens (tertiary/aromatic N) is 1. The molecule has 1 N–H and O–H groups in total. The summed E-state index contributed by atoms with van der Waals surface area (Å²) in [6.45, 7) is 2.61. The van der Waals surface area contributed by atoms with Gasteiger partial charge in [0.05, 0.1) is 38.7 Å². The van der Waals surface area contributed by atoms with Gasteiger partial charge in [0.2, 0.25) is 0 Å². The van der Waals surface area contributed by atoms with Crippen LogP contribution in [0.1, 0.15) is 20.7 Å². The Balaban J connectivity index is 1.82. The second kappa shape index (κ2) is 8.55. The summed E-state index contributed by atoms with van der Waals surface area (Å²) in [4.78, 5) is 26.8. The fraction of sp³-hybridized carbons (Fsp3) is 0.300. The summed E-state index contributed by atoms with van der Waals surface area (Å²) in [6.07, 6.45) is 0. The van der Waals surface area contributed by atoms with Crippen LogP contribution >= 0.6 is 0 Å². The number of hydrogen-bond donors (Lipinski definition) is 1. The Morgan fingerprint density at radius 2 is 1.74 bits per heavy atom. The van der Waals surface area contributed by atoms with Crippen LogP contribution in [0.2, 0.25) is 0 Å². The zero-order chi connectivity index (χ0) is 19.2. The van der Waals surface area contributed by atoms with Gasteiger partial charge in [0, 0.05) is 24.3 Å². The molecule has 0 aliphatic carbocycles. The highest BCUT2D eigenvalue weighted by Gasteiger charge is 2.20. The molecule has 27 heavy (non-hydrogen) atoms. The maximum absolute atomic E-state index is 12.5. The van der Waals surface area contributed by atoms with Gasteiger partial charge in [-0.3, -0.25) is 4.79 Å². The predicted molar refractivity (Wildman–Crippen MR) is 102 cm³/mol. The van der Waals surface area contributed by atoms with E-state index in [0.717, 1.165) is 5.69 Å². The number of rotatable bonds is 5. The molecule has 142 valence electrons. The summed E-state index contributed by atoms with van der Waals surface area (Å²) in [5.74, 6) is -0.0426. The molecule has 0 atom stereocenters. The first-order valence-electron chi connectivity index (χ1n) is 8.63. The van der Waals surface area contributed by atoms with Gasteiger partial charge in [-0.1, -0.05) is 0 Å². The Bertz CT molecular complexity index is 814. The Labute approximate surface area is 157 Å².